The van der Waals surface area contributed by atoms with E-state index < -0.39 is 5.83 Å². The summed E-state index contributed by atoms with van der Waals surface area (Å²) in [6.07, 6.45) is 10.6. The molecule has 2 rings (SSSR count). The second-order valence-electron chi connectivity index (χ2n) is 6.70. The molecule has 0 spiro atoms. The summed E-state index contributed by atoms with van der Waals surface area (Å²) >= 11 is 0. The number of halogens is 1. The van der Waals surface area contributed by atoms with Crippen LogP contribution in [0.4, 0.5) is 4.39 Å². The molecule has 4 heteroatoms. The topological polar surface area (TPSA) is 50.1 Å². The minimum Gasteiger partial charge on any atom is -0.462 e. The number of nitrogens with zero attached hydrogens (tertiary/aromatic N) is 1. The van der Waals surface area contributed by atoms with Gasteiger partial charge in [-0.25, -0.2) is 4.79 Å². The third-order valence-corrected chi connectivity index (χ3v) is 4.86. The molecule has 1 fully saturated rings. The number of nitriles is 1. The van der Waals surface area contributed by atoms with Crippen molar-refractivity contribution in [2.45, 2.75) is 51.4 Å². The van der Waals surface area contributed by atoms with E-state index in [1.54, 1.807) is 6.08 Å². The summed E-state index contributed by atoms with van der Waals surface area (Å²) < 4.78 is 18.2. The number of hydrogen-bond acceptors (Lipinski definition) is 3. The van der Waals surface area contributed by atoms with E-state index in [0.29, 0.717) is 24.0 Å². The van der Waals surface area contributed by atoms with Gasteiger partial charge in [0.2, 0.25) is 0 Å². The Balaban J connectivity index is 1.97. The molecule has 138 valence electrons. The van der Waals surface area contributed by atoms with Gasteiger partial charge in [-0.3, -0.25) is 0 Å². The van der Waals surface area contributed by atoms with Gasteiger partial charge in [-0.1, -0.05) is 43.7 Å². The molecular formula is C22H26FNO2. The number of carbonyl (C=O) groups is 1. The first-order chi connectivity index (χ1) is 12.7. The zero-order chi connectivity index (χ0) is 18.8. The number of esters is 1. The van der Waals surface area contributed by atoms with Gasteiger partial charge in [-0.15, -0.1) is 0 Å². The number of allylic oxidation sites excluding steroid dienone is 4. The molecule has 0 atom stereocenters. The van der Waals surface area contributed by atoms with E-state index in [4.69, 9.17) is 10.00 Å². The molecule has 0 radical (unpaired) electrons. The van der Waals surface area contributed by atoms with Crippen molar-refractivity contribution in [3.63, 3.8) is 0 Å². The van der Waals surface area contributed by atoms with Gasteiger partial charge in [0, 0.05) is 0 Å². The molecule has 0 heterocycles. The lowest BCUT2D eigenvalue weighted by Crippen LogP contribution is -2.16. The van der Waals surface area contributed by atoms with Gasteiger partial charge in [0.25, 0.3) is 0 Å². The first kappa shape index (κ1) is 19.9. The standard InChI is InChI=1S/C22H26FNO2/c1-2-3-15-26-22(25)21-10-5-4-9-20(21)18-13-11-17(12-14-18)7-6-8-19(23)16-24/h4-10,17-18H,2-3,11-15H2,1H3/b7-6+,19-8?. The van der Waals surface area contributed by atoms with Crippen molar-refractivity contribution >= 4 is 5.97 Å². The zero-order valence-corrected chi connectivity index (χ0v) is 15.3. The lowest BCUT2D eigenvalue weighted by molar-refractivity contribution is 0.0497. The van der Waals surface area contributed by atoms with Crippen LogP contribution in [0, 0.1) is 17.2 Å². The normalized spacial score (nSPS) is 20.7. The summed E-state index contributed by atoms with van der Waals surface area (Å²) in [7, 11) is 0. The van der Waals surface area contributed by atoms with Gasteiger partial charge in [-0.2, -0.15) is 9.65 Å². The van der Waals surface area contributed by atoms with E-state index in [2.05, 4.69) is 6.92 Å². The van der Waals surface area contributed by atoms with Crippen molar-refractivity contribution in [1.29, 1.82) is 5.26 Å². The van der Waals surface area contributed by atoms with Crippen molar-refractivity contribution in [2.24, 2.45) is 5.92 Å². The Labute approximate surface area is 155 Å². The van der Waals surface area contributed by atoms with Gasteiger partial charge in [0.1, 0.15) is 6.07 Å². The van der Waals surface area contributed by atoms with E-state index in [9.17, 15) is 9.18 Å². The summed E-state index contributed by atoms with van der Waals surface area (Å²) in [6.45, 7) is 2.53. The fourth-order valence-electron chi connectivity index (χ4n) is 3.38. The molecule has 26 heavy (non-hydrogen) atoms. The molecule has 1 aliphatic rings. The van der Waals surface area contributed by atoms with E-state index in [0.717, 1.165) is 44.1 Å². The Hall–Kier alpha value is -2.41. The third-order valence-electron chi connectivity index (χ3n) is 4.86. The fraction of sp³-hybridized carbons (Fsp3) is 0.455. The molecular weight excluding hydrogens is 329 g/mol. The van der Waals surface area contributed by atoms with Gasteiger partial charge in [-0.05, 0) is 61.6 Å². The average Bonchev–Trinajstić information content (AvgIpc) is 2.68. The van der Waals surface area contributed by atoms with Gasteiger partial charge in [0.05, 0.1) is 12.2 Å². The summed E-state index contributed by atoms with van der Waals surface area (Å²) in [5, 5.41) is 8.41. The third kappa shape index (κ3) is 5.84. The molecule has 0 bridgehead atoms. The highest BCUT2D eigenvalue weighted by Crippen LogP contribution is 2.37. The summed E-state index contributed by atoms with van der Waals surface area (Å²) in [4.78, 5) is 12.4. The smallest absolute Gasteiger partial charge is 0.338 e. The lowest BCUT2D eigenvalue weighted by atomic mass is 9.77. The minimum atomic E-state index is -0.773. The molecule has 1 aromatic rings. The SMILES string of the molecule is CCCCOC(=O)c1ccccc1C1CCC(/C=C/C=C(F)C#N)CC1. The Morgan fingerprint density at radius 2 is 2.04 bits per heavy atom. The van der Waals surface area contributed by atoms with Crippen LogP contribution >= 0.6 is 0 Å². The van der Waals surface area contributed by atoms with Crippen LogP contribution in [0.5, 0.6) is 0 Å². The van der Waals surface area contributed by atoms with Crippen LogP contribution < -0.4 is 0 Å². The molecule has 0 amide bonds. The molecule has 0 N–H and O–H groups in total. The Bertz CT molecular complexity index is 694. The van der Waals surface area contributed by atoms with Crippen LogP contribution in [0.1, 0.15) is 67.3 Å². The second-order valence-corrected chi connectivity index (χ2v) is 6.70. The Morgan fingerprint density at radius 1 is 1.31 bits per heavy atom. The van der Waals surface area contributed by atoms with Crippen molar-refractivity contribution in [2.75, 3.05) is 6.61 Å². The highest BCUT2D eigenvalue weighted by atomic mass is 19.1. The number of benzene rings is 1. The van der Waals surface area contributed by atoms with Crippen LogP contribution in [0.2, 0.25) is 0 Å². The molecule has 0 unspecified atom stereocenters. The van der Waals surface area contributed by atoms with E-state index in [-0.39, 0.29) is 5.97 Å². The van der Waals surface area contributed by atoms with E-state index >= 15 is 0 Å². The summed E-state index contributed by atoms with van der Waals surface area (Å²) in [5.41, 5.74) is 1.76. The lowest BCUT2D eigenvalue weighted by Gasteiger charge is -2.28. The van der Waals surface area contributed by atoms with Crippen LogP contribution in [-0.4, -0.2) is 12.6 Å². The first-order valence-corrected chi connectivity index (χ1v) is 9.35. The van der Waals surface area contributed by atoms with Gasteiger partial charge in [0.15, 0.2) is 5.83 Å². The molecule has 1 saturated carbocycles. The Kier molecular flexibility index (Phi) is 8.08. The van der Waals surface area contributed by atoms with Crippen molar-refractivity contribution < 1.29 is 13.9 Å². The van der Waals surface area contributed by atoms with Gasteiger partial charge < -0.3 is 4.74 Å². The number of carbonyl (C=O) groups excluding carboxylic acids is 1. The predicted molar refractivity (Wildman–Crippen MR) is 100 cm³/mol. The molecule has 1 aliphatic carbocycles. The maximum absolute atomic E-state index is 12.8. The number of hydrogen-bond donors (Lipinski definition) is 0. The largest absolute Gasteiger partial charge is 0.462 e. The molecule has 0 saturated heterocycles. The maximum atomic E-state index is 12.8. The van der Waals surface area contributed by atoms with Crippen LogP contribution in [0.3, 0.4) is 0 Å². The average molecular weight is 355 g/mol. The first-order valence-electron chi connectivity index (χ1n) is 9.35. The van der Waals surface area contributed by atoms with Crippen molar-refractivity contribution in [3.05, 3.63) is 59.4 Å². The second kappa shape index (κ2) is 10.6. The van der Waals surface area contributed by atoms with E-state index in [1.807, 2.05) is 30.3 Å². The van der Waals surface area contributed by atoms with Crippen LogP contribution in [0.25, 0.3) is 0 Å². The predicted octanol–water partition coefficient (Wildman–Crippen LogP) is 5.85. The minimum absolute atomic E-state index is 0.229. The highest BCUT2D eigenvalue weighted by Gasteiger charge is 2.24. The maximum Gasteiger partial charge on any atom is 0.338 e. The van der Waals surface area contributed by atoms with Crippen molar-refractivity contribution in [3.8, 4) is 6.07 Å². The monoisotopic (exact) mass is 355 g/mol. The number of ether oxygens (including phenoxy) is 1. The Morgan fingerprint density at radius 3 is 2.73 bits per heavy atom. The summed E-state index contributed by atoms with van der Waals surface area (Å²) in [5.74, 6) is -0.266. The molecule has 1 aromatic carbocycles. The highest BCUT2D eigenvalue weighted by molar-refractivity contribution is 5.91. The van der Waals surface area contributed by atoms with E-state index in [1.165, 1.54) is 12.1 Å². The summed E-state index contributed by atoms with van der Waals surface area (Å²) in [6, 6.07) is 9.20. The number of rotatable bonds is 7. The molecule has 0 aliphatic heterocycles. The van der Waals surface area contributed by atoms with Crippen LogP contribution in [0.15, 0.2) is 48.3 Å². The number of unbranched alkanes of at least 4 members (excludes halogenated alkanes) is 1. The van der Waals surface area contributed by atoms with Crippen molar-refractivity contribution in [1.82, 2.24) is 0 Å². The van der Waals surface area contributed by atoms with Gasteiger partial charge >= 0.3 is 5.97 Å². The fourth-order valence-corrected chi connectivity index (χ4v) is 3.38. The quantitative estimate of drug-likeness (QED) is 0.267. The van der Waals surface area contributed by atoms with Crippen LogP contribution in [-0.2, 0) is 4.74 Å². The molecule has 0 aromatic heterocycles. The molecule has 3 nitrogen and oxygen atoms in total. The zero-order valence-electron chi connectivity index (χ0n) is 15.3.